The van der Waals surface area contributed by atoms with E-state index in [1.807, 2.05) is 11.8 Å². The molecule has 1 amide bonds. The van der Waals surface area contributed by atoms with E-state index in [1.54, 1.807) is 0 Å². The summed E-state index contributed by atoms with van der Waals surface area (Å²) in [6.45, 7) is 12.3. The van der Waals surface area contributed by atoms with E-state index < -0.39 is 9.84 Å². The summed E-state index contributed by atoms with van der Waals surface area (Å²) in [5.41, 5.74) is 3.91. The van der Waals surface area contributed by atoms with E-state index in [-0.39, 0.29) is 29.5 Å². The van der Waals surface area contributed by atoms with Crippen molar-refractivity contribution in [1.82, 2.24) is 9.80 Å². The zero-order valence-corrected chi connectivity index (χ0v) is 19.0. The molecule has 0 saturated carbocycles. The van der Waals surface area contributed by atoms with Gasteiger partial charge in [0.1, 0.15) is 0 Å². The summed E-state index contributed by atoms with van der Waals surface area (Å²) in [6.07, 6.45) is 1.40. The van der Waals surface area contributed by atoms with Crippen LogP contribution < -0.4 is 4.90 Å². The Morgan fingerprint density at radius 2 is 1.90 bits per heavy atom. The number of aryl methyl sites for hydroxylation is 1. The standard InChI is InChI=1S/C22H35N3O3S/c1-5-18(3)25(20-9-14-29(27,28)16-20)22(26)15-23-10-12-24(13-11-23)21-8-6-7-17(2)19(21)4/h6-8,18,20H,5,9-16H2,1-4H3/t18-,20+/m0/s1. The summed E-state index contributed by atoms with van der Waals surface area (Å²) in [6, 6.07) is 6.32. The van der Waals surface area contributed by atoms with Gasteiger partial charge in [-0.2, -0.15) is 0 Å². The van der Waals surface area contributed by atoms with Crippen LogP contribution in [-0.2, 0) is 14.6 Å². The number of benzene rings is 1. The van der Waals surface area contributed by atoms with Crippen molar-refractivity contribution in [2.75, 3.05) is 49.1 Å². The smallest absolute Gasteiger partial charge is 0.237 e. The third-order valence-corrected chi connectivity index (χ3v) is 8.35. The molecule has 3 rings (SSSR count). The lowest BCUT2D eigenvalue weighted by Crippen LogP contribution is -2.54. The van der Waals surface area contributed by atoms with Gasteiger partial charge in [0.05, 0.1) is 18.1 Å². The maximum atomic E-state index is 13.1. The number of carbonyl (C=O) groups is 1. The number of anilines is 1. The van der Waals surface area contributed by atoms with Crippen molar-refractivity contribution in [3.05, 3.63) is 29.3 Å². The molecular formula is C22H35N3O3S. The Kier molecular flexibility index (Phi) is 6.89. The number of hydrogen-bond donors (Lipinski definition) is 0. The zero-order valence-electron chi connectivity index (χ0n) is 18.2. The first kappa shape index (κ1) is 22.1. The second-order valence-electron chi connectivity index (χ2n) is 8.60. The summed E-state index contributed by atoms with van der Waals surface area (Å²) < 4.78 is 23.9. The fourth-order valence-corrected chi connectivity index (χ4v) is 6.21. The Morgan fingerprint density at radius 1 is 1.21 bits per heavy atom. The number of nitrogens with zero attached hydrogens (tertiary/aromatic N) is 3. The lowest BCUT2D eigenvalue weighted by atomic mass is 10.1. The molecule has 2 aliphatic heterocycles. The molecule has 2 saturated heterocycles. The molecule has 7 heteroatoms. The topological polar surface area (TPSA) is 60.9 Å². The average Bonchev–Trinajstić information content (AvgIpc) is 3.04. The lowest BCUT2D eigenvalue weighted by molar-refractivity contribution is -0.136. The van der Waals surface area contributed by atoms with Crippen LogP contribution in [0.3, 0.4) is 0 Å². The van der Waals surface area contributed by atoms with E-state index in [2.05, 4.69) is 48.8 Å². The van der Waals surface area contributed by atoms with Gasteiger partial charge in [-0.05, 0) is 50.8 Å². The van der Waals surface area contributed by atoms with Crippen LogP contribution in [0.5, 0.6) is 0 Å². The molecule has 0 radical (unpaired) electrons. The molecule has 1 aromatic rings. The molecule has 0 unspecified atom stereocenters. The van der Waals surface area contributed by atoms with Crippen molar-refractivity contribution in [3.8, 4) is 0 Å². The van der Waals surface area contributed by atoms with Gasteiger partial charge in [-0.3, -0.25) is 9.69 Å². The largest absolute Gasteiger partial charge is 0.369 e. The maximum absolute atomic E-state index is 13.1. The summed E-state index contributed by atoms with van der Waals surface area (Å²) >= 11 is 0. The fourth-order valence-electron chi connectivity index (χ4n) is 4.50. The van der Waals surface area contributed by atoms with Crippen molar-refractivity contribution in [3.63, 3.8) is 0 Å². The van der Waals surface area contributed by atoms with Crippen molar-refractivity contribution in [2.24, 2.45) is 0 Å². The van der Waals surface area contributed by atoms with Gasteiger partial charge in [0.2, 0.25) is 5.91 Å². The molecule has 6 nitrogen and oxygen atoms in total. The third kappa shape index (κ3) is 5.12. The maximum Gasteiger partial charge on any atom is 0.237 e. The number of amides is 1. The molecule has 0 aliphatic carbocycles. The molecule has 2 fully saturated rings. The number of sulfone groups is 1. The van der Waals surface area contributed by atoms with Crippen LogP contribution in [-0.4, -0.2) is 80.4 Å². The Balaban J connectivity index is 1.61. The highest BCUT2D eigenvalue weighted by molar-refractivity contribution is 7.91. The Labute approximate surface area is 175 Å². The summed E-state index contributed by atoms with van der Waals surface area (Å²) in [7, 11) is -3.01. The van der Waals surface area contributed by atoms with Crippen LogP contribution in [0.2, 0.25) is 0 Å². The average molecular weight is 422 g/mol. The van der Waals surface area contributed by atoms with Gasteiger partial charge in [0.25, 0.3) is 0 Å². The highest BCUT2D eigenvalue weighted by Crippen LogP contribution is 2.25. The van der Waals surface area contributed by atoms with Gasteiger partial charge >= 0.3 is 0 Å². The zero-order chi connectivity index (χ0) is 21.2. The predicted octanol–water partition coefficient (Wildman–Crippen LogP) is 2.24. The highest BCUT2D eigenvalue weighted by Gasteiger charge is 2.37. The highest BCUT2D eigenvalue weighted by atomic mass is 32.2. The van der Waals surface area contributed by atoms with E-state index in [9.17, 15) is 13.2 Å². The van der Waals surface area contributed by atoms with Crippen molar-refractivity contribution >= 4 is 21.4 Å². The number of carbonyl (C=O) groups excluding carboxylic acids is 1. The third-order valence-electron chi connectivity index (χ3n) is 6.60. The molecular weight excluding hydrogens is 386 g/mol. The molecule has 0 spiro atoms. The molecule has 162 valence electrons. The van der Waals surface area contributed by atoms with Crippen LogP contribution in [0.1, 0.15) is 37.8 Å². The fraction of sp³-hybridized carbons (Fsp3) is 0.682. The van der Waals surface area contributed by atoms with Gasteiger partial charge in [0, 0.05) is 44.0 Å². The van der Waals surface area contributed by atoms with Gasteiger partial charge in [-0.15, -0.1) is 0 Å². The van der Waals surface area contributed by atoms with E-state index in [0.717, 1.165) is 32.6 Å². The van der Waals surface area contributed by atoms with E-state index in [4.69, 9.17) is 0 Å². The van der Waals surface area contributed by atoms with Crippen molar-refractivity contribution in [2.45, 2.75) is 52.6 Å². The molecule has 2 atom stereocenters. The summed E-state index contributed by atoms with van der Waals surface area (Å²) in [5.74, 6) is 0.386. The molecule has 1 aromatic carbocycles. The monoisotopic (exact) mass is 421 g/mol. The van der Waals surface area contributed by atoms with Crippen molar-refractivity contribution in [1.29, 1.82) is 0 Å². The minimum Gasteiger partial charge on any atom is -0.369 e. The molecule has 0 N–H and O–H groups in total. The Morgan fingerprint density at radius 3 is 2.48 bits per heavy atom. The minimum atomic E-state index is -3.01. The van der Waals surface area contributed by atoms with Crippen LogP contribution in [0.4, 0.5) is 5.69 Å². The van der Waals surface area contributed by atoms with E-state index in [1.165, 1.54) is 16.8 Å². The number of rotatable bonds is 6. The molecule has 2 aliphatic rings. The van der Waals surface area contributed by atoms with Crippen LogP contribution >= 0.6 is 0 Å². The first-order valence-corrected chi connectivity index (χ1v) is 12.6. The summed E-state index contributed by atoms with van der Waals surface area (Å²) in [5, 5.41) is 0. The van der Waals surface area contributed by atoms with Crippen molar-refractivity contribution < 1.29 is 13.2 Å². The van der Waals surface area contributed by atoms with E-state index in [0.29, 0.717) is 13.0 Å². The molecule has 29 heavy (non-hydrogen) atoms. The number of piperazine rings is 1. The van der Waals surface area contributed by atoms with Gasteiger partial charge < -0.3 is 9.80 Å². The summed E-state index contributed by atoms with van der Waals surface area (Å²) in [4.78, 5) is 19.6. The first-order valence-electron chi connectivity index (χ1n) is 10.8. The predicted molar refractivity (Wildman–Crippen MR) is 118 cm³/mol. The van der Waals surface area contributed by atoms with E-state index >= 15 is 0 Å². The second-order valence-corrected chi connectivity index (χ2v) is 10.8. The normalized spacial score (nSPS) is 23.2. The van der Waals surface area contributed by atoms with Crippen LogP contribution in [0, 0.1) is 13.8 Å². The Bertz CT molecular complexity index is 832. The number of hydrogen-bond acceptors (Lipinski definition) is 5. The molecule has 0 bridgehead atoms. The van der Waals surface area contributed by atoms with Gasteiger partial charge in [-0.1, -0.05) is 19.1 Å². The lowest BCUT2D eigenvalue weighted by Gasteiger charge is -2.39. The minimum absolute atomic E-state index is 0.0667. The second kappa shape index (κ2) is 9.04. The SMILES string of the molecule is CC[C@H](C)N(C(=O)CN1CCN(c2cccc(C)c2C)CC1)[C@@H]1CCS(=O)(=O)C1. The van der Waals surface area contributed by atoms with Gasteiger partial charge in [0.15, 0.2) is 9.84 Å². The van der Waals surface area contributed by atoms with Crippen LogP contribution in [0.25, 0.3) is 0 Å². The van der Waals surface area contributed by atoms with Crippen LogP contribution in [0.15, 0.2) is 18.2 Å². The molecule has 2 heterocycles. The molecule has 0 aromatic heterocycles. The quantitative estimate of drug-likeness (QED) is 0.705. The Hall–Kier alpha value is -1.60. The first-order chi connectivity index (χ1) is 13.7. The van der Waals surface area contributed by atoms with Gasteiger partial charge in [-0.25, -0.2) is 8.42 Å².